The largest absolute Gasteiger partial charge is 0.282 e. The Balaban J connectivity index is 1.50. The lowest BCUT2D eigenvalue weighted by atomic mass is 9.87. The van der Waals surface area contributed by atoms with Gasteiger partial charge in [-0.25, -0.2) is 13.4 Å². The van der Waals surface area contributed by atoms with Gasteiger partial charge in [0.05, 0.1) is 22.1 Å². The molecule has 0 amide bonds. The zero-order chi connectivity index (χ0) is 22.0. The predicted octanol–water partition coefficient (Wildman–Crippen LogP) is 4.76. The van der Waals surface area contributed by atoms with Crippen LogP contribution in [-0.2, 0) is 28.1 Å². The molecule has 1 aromatic carbocycles. The Morgan fingerprint density at radius 2 is 1.84 bits per heavy atom. The highest BCUT2D eigenvalue weighted by atomic mass is 32.2. The van der Waals surface area contributed by atoms with E-state index in [1.807, 2.05) is 12.1 Å². The summed E-state index contributed by atoms with van der Waals surface area (Å²) in [5.74, 6) is 0.474. The van der Waals surface area contributed by atoms with E-state index in [-0.39, 0.29) is 16.7 Å². The molecule has 3 aromatic rings. The van der Waals surface area contributed by atoms with Gasteiger partial charge in [-0.2, -0.15) is 0 Å². The number of rotatable bonds is 3. The third-order valence-corrected chi connectivity index (χ3v) is 10.3. The third kappa shape index (κ3) is 3.66. The van der Waals surface area contributed by atoms with E-state index in [0.29, 0.717) is 15.8 Å². The SMILES string of the molecule is CC(C)(C)c1ccc(S(=O)(=O)C[C@@H]2CSc3nc4sc5c(c4c(=O)n32)CCCC5)cc1. The molecule has 2 aliphatic rings. The molecule has 0 fully saturated rings. The van der Waals surface area contributed by atoms with Gasteiger partial charge < -0.3 is 0 Å². The summed E-state index contributed by atoms with van der Waals surface area (Å²) in [7, 11) is -3.52. The van der Waals surface area contributed by atoms with Gasteiger partial charge in [0, 0.05) is 10.6 Å². The van der Waals surface area contributed by atoms with Crippen molar-refractivity contribution in [2.24, 2.45) is 0 Å². The first-order chi connectivity index (χ1) is 14.6. The predicted molar refractivity (Wildman–Crippen MR) is 127 cm³/mol. The zero-order valence-electron chi connectivity index (χ0n) is 18.0. The molecule has 31 heavy (non-hydrogen) atoms. The fraction of sp³-hybridized carbons (Fsp3) is 0.478. The van der Waals surface area contributed by atoms with Crippen LogP contribution in [0.3, 0.4) is 0 Å². The number of sulfone groups is 1. The van der Waals surface area contributed by atoms with Crippen molar-refractivity contribution in [1.82, 2.24) is 9.55 Å². The smallest absolute Gasteiger partial charge is 0.263 e. The number of hydrogen-bond donors (Lipinski definition) is 0. The molecule has 0 saturated carbocycles. The second-order valence-electron chi connectivity index (χ2n) is 9.48. The molecule has 1 atom stereocenters. The Labute approximate surface area is 190 Å². The number of aromatic nitrogens is 2. The molecule has 164 valence electrons. The van der Waals surface area contributed by atoms with Gasteiger partial charge in [-0.3, -0.25) is 9.36 Å². The molecule has 0 bridgehead atoms. The molecule has 3 heterocycles. The van der Waals surface area contributed by atoms with Gasteiger partial charge in [-0.1, -0.05) is 44.7 Å². The Bertz CT molecular complexity index is 1330. The van der Waals surface area contributed by atoms with E-state index in [1.165, 1.54) is 16.6 Å². The maximum absolute atomic E-state index is 13.5. The van der Waals surface area contributed by atoms with E-state index in [2.05, 4.69) is 20.8 Å². The van der Waals surface area contributed by atoms with Crippen LogP contribution in [-0.4, -0.2) is 29.5 Å². The van der Waals surface area contributed by atoms with Crippen molar-refractivity contribution in [3.05, 3.63) is 50.6 Å². The summed E-state index contributed by atoms with van der Waals surface area (Å²) in [6.07, 6.45) is 4.18. The molecule has 1 aliphatic carbocycles. The van der Waals surface area contributed by atoms with Crippen LogP contribution >= 0.6 is 23.1 Å². The number of thiophene rings is 1. The van der Waals surface area contributed by atoms with E-state index >= 15 is 0 Å². The fourth-order valence-corrected chi connectivity index (χ4v) is 8.61. The van der Waals surface area contributed by atoms with Gasteiger partial charge in [0.25, 0.3) is 5.56 Å². The summed E-state index contributed by atoms with van der Waals surface area (Å²) in [6.45, 7) is 6.31. The monoisotopic (exact) mass is 474 g/mol. The van der Waals surface area contributed by atoms with E-state index in [4.69, 9.17) is 4.98 Å². The van der Waals surface area contributed by atoms with Crippen molar-refractivity contribution < 1.29 is 8.42 Å². The molecule has 0 spiro atoms. The minimum Gasteiger partial charge on any atom is -0.282 e. The van der Waals surface area contributed by atoms with Crippen LogP contribution in [0, 0.1) is 0 Å². The number of fused-ring (bicyclic) bond motifs is 4. The number of benzene rings is 1. The van der Waals surface area contributed by atoms with Crippen LogP contribution in [0.2, 0.25) is 0 Å². The standard InChI is InChI=1S/C23H26N2O3S3/c1-23(2,3)14-8-10-16(11-9-14)31(27,28)13-15-12-29-22-24-20-19(21(26)25(15)22)17-6-4-5-7-18(17)30-20/h8-11,15H,4-7,12-13H2,1-3H3/t15-/m0/s1. The van der Waals surface area contributed by atoms with Gasteiger partial charge >= 0.3 is 0 Å². The van der Waals surface area contributed by atoms with Gasteiger partial charge in [0.1, 0.15) is 4.83 Å². The van der Waals surface area contributed by atoms with Crippen molar-refractivity contribution in [3.8, 4) is 0 Å². The molecule has 0 radical (unpaired) electrons. The highest BCUT2D eigenvalue weighted by Crippen LogP contribution is 2.38. The van der Waals surface area contributed by atoms with Crippen molar-refractivity contribution in [3.63, 3.8) is 0 Å². The Hall–Kier alpha value is -1.64. The minimum atomic E-state index is -3.52. The van der Waals surface area contributed by atoms with E-state index < -0.39 is 15.9 Å². The molecular formula is C23H26N2O3S3. The van der Waals surface area contributed by atoms with Crippen molar-refractivity contribution in [2.75, 3.05) is 11.5 Å². The van der Waals surface area contributed by atoms with Crippen LogP contribution in [0.15, 0.2) is 39.1 Å². The van der Waals surface area contributed by atoms with E-state index in [0.717, 1.165) is 47.0 Å². The summed E-state index contributed by atoms with van der Waals surface area (Å²) >= 11 is 3.13. The molecule has 8 heteroatoms. The van der Waals surface area contributed by atoms with Crippen LogP contribution in [0.4, 0.5) is 0 Å². The second-order valence-corrected chi connectivity index (χ2v) is 13.6. The van der Waals surface area contributed by atoms with Crippen LogP contribution < -0.4 is 5.56 Å². The number of thioether (sulfide) groups is 1. The van der Waals surface area contributed by atoms with Crippen molar-refractivity contribution >= 4 is 43.2 Å². The summed E-state index contributed by atoms with van der Waals surface area (Å²) in [4.78, 5) is 20.6. The van der Waals surface area contributed by atoms with Crippen LogP contribution in [0.25, 0.3) is 10.2 Å². The number of nitrogens with zero attached hydrogens (tertiary/aromatic N) is 2. The molecule has 0 unspecified atom stereocenters. The van der Waals surface area contributed by atoms with Gasteiger partial charge in [-0.15, -0.1) is 11.3 Å². The first-order valence-electron chi connectivity index (χ1n) is 10.7. The van der Waals surface area contributed by atoms with Crippen molar-refractivity contribution in [2.45, 2.75) is 68.0 Å². The Kier molecular flexibility index (Phi) is 5.10. The van der Waals surface area contributed by atoms with Gasteiger partial charge in [0.15, 0.2) is 15.0 Å². The van der Waals surface area contributed by atoms with Crippen molar-refractivity contribution in [1.29, 1.82) is 0 Å². The normalized spacial score (nSPS) is 18.9. The molecule has 2 aromatic heterocycles. The topological polar surface area (TPSA) is 69.0 Å². The summed E-state index contributed by atoms with van der Waals surface area (Å²) in [5, 5.41) is 1.38. The lowest BCUT2D eigenvalue weighted by molar-refractivity contribution is 0.531. The summed E-state index contributed by atoms with van der Waals surface area (Å²) in [5.41, 5.74) is 2.15. The third-order valence-electron chi connectivity index (χ3n) is 6.25. The molecular weight excluding hydrogens is 448 g/mol. The Morgan fingerprint density at radius 1 is 1.13 bits per heavy atom. The molecule has 1 aliphatic heterocycles. The molecule has 0 N–H and O–H groups in total. The summed E-state index contributed by atoms with van der Waals surface area (Å²) < 4.78 is 28.0. The first-order valence-corrected chi connectivity index (χ1v) is 14.1. The van der Waals surface area contributed by atoms with Crippen LogP contribution in [0.1, 0.15) is 55.7 Å². The quantitative estimate of drug-likeness (QED) is 0.512. The highest BCUT2D eigenvalue weighted by molar-refractivity contribution is 7.99. The minimum absolute atomic E-state index is 0.0344. The number of hydrogen-bond acceptors (Lipinski definition) is 6. The highest BCUT2D eigenvalue weighted by Gasteiger charge is 2.33. The van der Waals surface area contributed by atoms with E-state index in [1.54, 1.807) is 28.0 Å². The fourth-order valence-electron chi connectivity index (χ4n) is 4.50. The Morgan fingerprint density at radius 3 is 2.55 bits per heavy atom. The average Bonchev–Trinajstić information content (AvgIpc) is 3.28. The molecule has 5 nitrogen and oxygen atoms in total. The maximum Gasteiger partial charge on any atom is 0.263 e. The lowest BCUT2D eigenvalue weighted by Gasteiger charge is -2.19. The van der Waals surface area contributed by atoms with E-state index in [9.17, 15) is 13.2 Å². The first kappa shape index (κ1) is 21.2. The second kappa shape index (κ2) is 7.46. The number of aryl methyl sites for hydroxylation is 2. The maximum atomic E-state index is 13.5. The zero-order valence-corrected chi connectivity index (χ0v) is 20.4. The average molecular weight is 475 g/mol. The molecule has 0 saturated heterocycles. The van der Waals surface area contributed by atoms with Crippen LogP contribution in [0.5, 0.6) is 0 Å². The molecule has 5 rings (SSSR count). The lowest BCUT2D eigenvalue weighted by Crippen LogP contribution is -2.29. The van der Waals surface area contributed by atoms with Gasteiger partial charge in [0.2, 0.25) is 0 Å². The summed E-state index contributed by atoms with van der Waals surface area (Å²) in [6, 6.07) is 6.77. The van der Waals surface area contributed by atoms with Gasteiger partial charge in [-0.05, 0) is 54.4 Å².